The van der Waals surface area contributed by atoms with E-state index in [0.717, 1.165) is 0 Å². The van der Waals surface area contributed by atoms with Gasteiger partial charge in [0.2, 0.25) is 0 Å². The number of nitrogens with two attached hydrogens (primary N) is 1. The fourth-order valence-corrected chi connectivity index (χ4v) is 0.647. The summed E-state index contributed by atoms with van der Waals surface area (Å²) in [6.45, 7) is 0. The van der Waals surface area contributed by atoms with Crippen LogP contribution in [0.2, 0.25) is 0 Å². The molecule has 0 aliphatic carbocycles. The van der Waals surface area contributed by atoms with Crippen molar-refractivity contribution in [2.45, 2.75) is 0 Å². The van der Waals surface area contributed by atoms with Gasteiger partial charge in [0, 0.05) is 0 Å². The number of nitrogens with one attached hydrogen (secondary N) is 3. The number of nitriles is 1. The molecule has 0 saturated heterocycles. The van der Waals surface area contributed by atoms with Gasteiger partial charge in [-0.3, -0.25) is 10.7 Å². The molecule has 1 aromatic heterocycles. The van der Waals surface area contributed by atoms with Crippen molar-refractivity contribution in [3.8, 4) is 6.19 Å². The van der Waals surface area contributed by atoms with Crippen molar-refractivity contribution in [3.05, 3.63) is 12.0 Å². The molecule has 1 aromatic rings. The lowest BCUT2D eigenvalue weighted by molar-refractivity contribution is 1.29. The van der Waals surface area contributed by atoms with E-state index < -0.39 is 0 Å². The summed E-state index contributed by atoms with van der Waals surface area (Å²) in [6.07, 6.45) is 3.04. The van der Waals surface area contributed by atoms with Crippen molar-refractivity contribution in [2.75, 3.05) is 5.32 Å². The summed E-state index contributed by atoms with van der Waals surface area (Å²) in [4.78, 5) is 6.33. The van der Waals surface area contributed by atoms with Crippen molar-refractivity contribution >= 4 is 11.7 Å². The van der Waals surface area contributed by atoms with Gasteiger partial charge in [-0.2, -0.15) is 5.26 Å². The van der Waals surface area contributed by atoms with Crippen molar-refractivity contribution in [3.63, 3.8) is 0 Å². The molecule has 0 spiro atoms. The highest BCUT2D eigenvalue weighted by molar-refractivity contribution is 5.97. The SMILES string of the molecule is N#CNc1nc[nH]c1C(=N)N. The molecule has 0 radical (unpaired) electrons. The third kappa shape index (κ3) is 1.27. The average molecular weight is 150 g/mol. The van der Waals surface area contributed by atoms with Gasteiger partial charge in [-0.15, -0.1) is 0 Å². The smallest absolute Gasteiger partial charge is 0.182 e. The predicted molar refractivity (Wildman–Crippen MR) is 38.8 cm³/mol. The van der Waals surface area contributed by atoms with E-state index in [9.17, 15) is 0 Å². The maximum Gasteiger partial charge on any atom is 0.182 e. The largest absolute Gasteiger partial charge is 0.382 e. The van der Waals surface area contributed by atoms with E-state index >= 15 is 0 Å². The number of aromatic nitrogens is 2. The molecule has 5 N–H and O–H groups in total. The summed E-state index contributed by atoms with van der Waals surface area (Å²) in [5.41, 5.74) is 5.48. The van der Waals surface area contributed by atoms with Crippen LogP contribution in [0.3, 0.4) is 0 Å². The molecule has 6 nitrogen and oxygen atoms in total. The first-order chi connectivity index (χ1) is 5.25. The van der Waals surface area contributed by atoms with Gasteiger partial charge in [0.1, 0.15) is 11.5 Å². The maximum absolute atomic E-state index is 8.22. The Bertz CT molecular complexity index is 305. The van der Waals surface area contributed by atoms with Crippen LogP contribution in [0.25, 0.3) is 0 Å². The van der Waals surface area contributed by atoms with Crippen molar-refractivity contribution < 1.29 is 0 Å². The second-order valence-corrected chi connectivity index (χ2v) is 1.78. The summed E-state index contributed by atoms with van der Waals surface area (Å²) in [7, 11) is 0. The number of aromatic amines is 1. The zero-order valence-corrected chi connectivity index (χ0v) is 5.55. The fraction of sp³-hybridized carbons (Fsp3) is 0. The summed E-state index contributed by atoms with van der Waals surface area (Å²) in [6, 6.07) is 0. The summed E-state index contributed by atoms with van der Waals surface area (Å²) < 4.78 is 0. The van der Waals surface area contributed by atoms with Crippen LogP contribution in [-0.2, 0) is 0 Å². The maximum atomic E-state index is 8.22. The first-order valence-electron chi connectivity index (χ1n) is 2.78. The van der Waals surface area contributed by atoms with Crippen LogP contribution in [0.5, 0.6) is 0 Å². The van der Waals surface area contributed by atoms with Crippen LogP contribution in [0.1, 0.15) is 5.69 Å². The van der Waals surface area contributed by atoms with E-state index in [1.807, 2.05) is 0 Å². The van der Waals surface area contributed by atoms with Gasteiger partial charge in [-0.05, 0) is 0 Å². The van der Waals surface area contributed by atoms with Crippen molar-refractivity contribution in [2.24, 2.45) is 5.73 Å². The van der Waals surface area contributed by atoms with E-state index in [1.54, 1.807) is 6.19 Å². The minimum atomic E-state index is -0.153. The molecule has 0 fully saturated rings. The number of nitrogens with zero attached hydrogens (tertiary/aromatic N) is 2. The molecule has 0 aliphatic rings. The van der Waals surface area contributed by atoms with E-state index in [-0.39, 0.29) is 11.7 Å². The molecule has 0 bridgehead atoms. The van der Waals surface area contributed by atoms with E-state index in [1.165, 1.54) is 6.33 Å². The van der Waals surface area contributed by atoms with Gasteiger partial charge in [0.15, 0.2) is 12.0 Å². The highest BCUT2D eigenvalue weighted by Gasteiger charge is 2.05. The summed E-state index contributed by atoms with van der Waals surface area (Å²) >= 11 is 0. The van der Waals surface area contributed by atoms with Gasteiger partial charge < -0.3 is 10.7 Å². The molecule has 0 atom stereocenters. The molecule has 6 heteroatoms. The number of rotatable bonds is 2. The van der Waals surface area contributed by atoms with E-state index in [0.29, 0.717) is 5.69 Å². The normalized spacial score (nSPS) is 8.64. The quantitative estimate of drug-likeness (QED) is 0.198. The van der Waals surface area contributed by atoms with Crippen LogP contribution < -0.4 is 11.1 Å². The number of hydrogen-bond acceptors (Lipinski definition) is 4. The number of H-pyrrole nitrogens is 1. The minimum Gasteiger partial charge on any atom is -0.382 e. The Hall–Kier alpha value is -2.03. The molecule has 1 heterocycles. The Labute approximate surface area is 62.6 Å². The minimum absolute atomic E-state index is 0.153. The van der Waals surface area contributed by atoms with Gasteiger partial charge in [0.25, 0.3) is 0 Å². The Morgan fingerprint density at radius 1 is 1.91 bits per heavy atom. The Balaban J connectivity index is 2.98. The fourth-order valence-electron chi connectivity index (χ4n) is 0.647. The third-order valence-electron chi connectivity index (χ3n) is 1.08. The molecule has 0 aliphatic heterocycles. The zero-order chi connectivity index (χ0) is 8.27. The molecule has 0 amide bonds. The second kappa shape index (κ2) is 2.70. The molecule has 0 saturated carbocycles. The van der Waals surface area contributed by atoms with Crippen LogP contribution in [-0.4, -0.2) is 15.8 Å². The number of nitrogen functional groups attached to an aromatic ring is 1. The number of amidine groups is 1. The lowest BCUT2D eigenvalue weighted by atomic mass is 10.4. The second-order valence-electron chi connectivity index (χ2n) is 1.78. The van der Waals surface area contributed by atoms with E-state index in [2.05, 4.69) is 15.3 Å². The summed E-state index contributed by atoms with van der Waals surface area (Å²) in [5.74, 6) is 0.125. The zero-order valence-electron chi connectivity index (χ0n) is 5.55. The highest BCUT2D eigenvalue weighted by atomic mass is 15.1. The van der Waals surface area contributed by atoms with Crippen molar-refractivity contribution in [1.82, 2.24) is 9.97 Å². The van der Waals surface area contributed by atoms with Crippen LogP contribution >= 0.6 is 0 Å². The van der Waals surface area contributed by atoms with Crippen LogP contribution in [0.4, 0.5) is 5.82 Å². The van der Waals surface area contributed by atoms with Gasteiger partial charge in [-0.1, -0.05) is 0 Å². The van der Waals surface area contributed by atoms with E-state index in [4.69, 9.17) is 16.4 Å². The van der Waals surface area contributed by atoms with Crippen molar-refractivity contribution in [1.29, 1.82) is 10.7 Å². The van der Waals surface area contributed by atoms with Crippen LogP contribution in [0.15, 0.2) is 6.33 Å². The lowest BCUT2D eigenvalue weighted by Gasteiger charge is -1.94. The summed E-state index contributed by atoms with van der Waals surface area (Å²) in [5, 5.41) is 17.5. The third-order valence-corrected chi connectivity index (χ3v) is 1.08. The molecule has 0 unspecified atom stereocenters. The predicted octanol–water partition coefficient (Wildman–Crippen LogP) is -0.413. The number of anilines is 1. The molecule has 0 aromatic carbocycles. The van der Waals surface area contributed by atoms with Crippen LogP contribution in [0, 0.1) is 16.9 Å². The Morgan fingerprint density at radius 2 is 2.64 bits per heavy atom. The standard InChI is InChI=1S/C5H6N6/c6-1-9-5-3(4(7)8)10-2-11-5/h2,9H,(H3,7,8)(H,10,11). The monoisotopic (exact) mass is 150 g/mol. The molecule has 1 rings (SSSR count). The van der Waals surface area contributed by atoms with Gasteiger partial charge in [-0.25, -0.2) is 4.98 Å². The molecular weight excluding hydrogens is 144 g/mol. The number of imidazole rings is 1. The van der Waals surface area contributed by atoms with Gasteiger partial charge in [0.05, 0.1) is 6.33 Å². The molecule has 11 heavy (non-hydrogen) atoms. The Morgan fingerprint density at radius 3 is 3.18 bits per heavy atom. The highest BCUT2D eigenvalue weighted by Crippen LogP contribution is 2.06. The lowest BCUT2D eigenvalue weighted by Crippen LogP contribution is -2.13. The Kier molecular flexibility index (Phi) is 1.74. The topological polar surface area (TPSA) is 114 Å². The number of hydrogen-bond donors (Lipinski definition) is 4. The molecular formula is C5H6N6. The van der Waals surface area contributed by atoms with Gasteiger partial charge >= 0.3 is 0 Å². The average Bonchev–Trinajstić information content (AvgIpc) is 2.36. The first-order valence-corrected chi connectivity index (χ1v) is 2.78. The first kappa shape index (κ1) is 7.08. The molecule has 56 valence electrons.